The lowest BCUT2D eigenvalue weighted by Crippen LogP contribution is -2.32. The van der Waals surface area contributed by atoms with E-state index in [1.165, 1.54) is 19.9 Å². The van der Waals surface area contributed by atoms with Crippen LogP contribution in [0.25, 0.3) is 0 Å². The number of aryl methyl sites for hydroxylation is 2. The Morgan fingerprint density at radius 2 is 1.76 bits per heavy atom. The first-order valence-electron chi connectivity index (χ1n) is 11.7. The fourth-order valence-electron chi connectivity index (χ4n) is 3.83. The van der Waals surface area contributed by atoms with E-state index >= 15 is 0 Å². The SMILES string of the molecule is CCN(c1ccc(C(=O)NS(=O)(=O)c2c(C)noc2C)nn1)C(Br)c1ccccc1OCc1ccccc1. The minimum Gasteiger partial charge on any atom is -0.489 e. The molecule has 0 aliphatic rings. The van der Waals surface area contributed by atoms with Crippen molar-refractivity contribution in [2.45, 2.75) is 37.2 Å². The highest BCUT2D eigenvalue weighted by Gasteiger charge is 2.28. The standard InChI is InChI=1S/C26H26BrN5O5S/c1-4-32(25(27)20-12-8-9-13-22(20)36-16-19-10-6-5-7-11-19)23-15-14-21(28-29-23)26(33)31-38(34,35)24-17(2)30-37-18(24)3/h5-15,25H,4,16H2,1-3H3,(H,31,33). The highest BCUT2D eigenvalue weighted by molar-refractivity contribution is 9.09. The maximum absolute atomic E-state index is 12.7. The topological polar surface area (TPSA) is 128 Å². The number of benzene rings is 2. The van der Waals surface area contributed by atoms with Crippen LogP contribution in [-0.4, -0.2) is 36.2 Å². The fourth-order valence-corrected chi connectivity index (χ4v) is 6.00. The predicted molar refractivity (Wildman–Crippen MR) is 145 cm³/mol. The number of aromatic nitrogens is 3. The summed E-state index contributed by atoms with van der Waals surface area (Å²) in [5, 5.41) is 11.8. The first-order valence-corrected chi connectivity index (χ1v) is 14.1. The summed E-state index contributed by atoms with van der Waals surface area (Å²) >= 11 is 3.75. The molecule has 0 spiro atoms. The molecular weight excluding hydrogens is 574 g/mol. The molecule has 12 heteroatoms. The quantitative estimate of drug-likeness (QED) is 0.204. The number of carbonyl (C=O) groups excluding carboxylic acids is 1. The molecule has 38 heavy (non-hydrogen) atoms. The van der Waals surface area contributed by atoms with Crippen LogP contribution in [0.2, 0.25) is 0 Å². The third-order valence-corrected chi connectivity index (χ3v) is 8.23. The molecule has 1 amide bonds. The van der Waals surface area contributed by atoms with Crippen molar-refractivity contribution < 1.29 is 22.5 Å². The van der Waals surface area contributed by atoms with Crippen molar-refractivity contribution in [3.05, 3.63) is 95.0 Å². The van der Waals surface area contributed by atoms with Gasteiger partial charge in [0.25, 0.3) is 15.9 Å². The summed E-state index contributed by atoms with van der Waals surface area (Å²) in [5.74, 6) is 0.365. The normalized spacial score (nSPS) is 12.1. The average Bonchev–Trinajstić information content (AvgIpc) is 3.27. The summed E-state index contributed by atoms with van der Waals surface area (Å²) in [6, 6.07) is 20.6. The zero-order valence-electron chi connectivity index (χ0n) is 21.0. The molecule has 0 aliphatic carbocycles. The number of nitrogens with one attached hydrogen (secondary N) is 1. The van der Waals surface area contributed by atoms with E-state index in [2.05, 4.69) is 31.3 Å². The van der Waals surface area contributed by atoms with Crippen molar-refractivity contribution in [2.24, 2.45) is 0 Å². The molecule has 4 aromatic rings. The summed E-state index contributed by atoms with van der Waals surface area (Å²) in [6.07, 6.45) is 0. The van der Waals surface area contributed by atoms with Gasteiger partial charge in [0.2, 0.25) is 0 Å². The maximum Gasteiger partial charge on any atom is 0.285 e. The third kappa shape index (κ3) is 6.03. The lowest BCUT2D eigenvalue weighted by atomic mass is 10.1. The number of para-hydroxylation sites is 1. The molecule has 10 nitrogen and oxygen atoms in total. The van der Waals surface area contributed by atoms with Gasteiger partial charge in [-0.1, -0.05) is 69.6 Å². The van der Waals surface area contributed by atoms with E-state index in [9.17, 15) is 13.2 Å². The van der Waals surface area contributed by atoms with Crippen LogP contribution in [0.15, 0.2) is 76.1 Å². The van der Waals surface area contributed by atoms with E-state index in [0.29, 0.717) is 24.7 Å². The number of hydrogen-bond acceptors (Lipinski definition) is 9. The largest absolute Gasteiger partial charge is 0.489 e. The Balaban J connectivity index is 1.50. The Morgan fingerprint density at radius 3 is 2.39 bits per heavy atom. The molecular formula is C26H26BrN5O5S. The Bertz CT molecular complexity index is 1490. The summed E-state index contributed by atoms with van der Waals surface area (Å²) in [5.41, 5.74) is 1.94. The number of alkyl halides is 1. The molecule has 0 saturated carbocycles. The van der Waals surface area contributed by atoms with Crippen LogP contribution < -0.4 is 14.4 Å². The molecule has 0 saturated heterocycles. The number of rotatable bonds is 10. The number of amides is 1. The van der Waals surface area contributed by atoms with Crippen LogP contribution >= 0.6 is 15.9 Å². The summed E-state index contributed by atoms with van der Waals surface area (Å²) in [4.78, 5) is 14.1. The lowest BCUT2D eigenvalue weighted by molar-refractivity contribution is 0.0975. The van der Waals surface area contributed by atoms with Crippen molar-refractivity contribution in [2.75, 3.05) is 11.4 Å². The van der Waals surface area contributed by atoms with Crippen molar-refractivity contribution in [1.29, 1.82) is 0 Å². The van der Waals surface area contributed by atoms with Crippen LogP contribution in [0.5, 0.6) is 5.75 Å². The van der Waals surface area contributed by atoms with Crippen LogP contribution in [0.4, 0.5) is 5.82 Å². The van der Waals surface area contributed by atoms with Gasteiger partial charge in [0.1, 0.15) is 23.0 Å². The van der Waals surface area contributed by atoms with Crippen LogP contribution in [0.3, 0.4) is 0 Å². The van der Waals surface area contributed by atoms with Crippen molar-refractivity contribution >= 4 is 37.7 Å². The second-order valence-electron chi connectivity index (χ2n) is 8.30. The summed E-state index contributed by atoms with van der Waals surface area (Å²) < 4.78 is 38.3. The average molecular weight is 600 g/mol. The second kappa shape index (κ2) is 11.7. The molecule has 0 bridgehead atoms. The number of hydrogen-bond donors (Lipinski definition) is 1. The smallest absolute Gasteiger partial charge is 0.285 e. The Hall–Kier alpha value is -3.77. The highest BCUT2D eigenvalue weighted by atomic mass is 79.9. The van der Waals surface area contributed by atoms with Crippen LogP contribution in [-0.2, 0) is 16.6 Å². The zero-order chi connectivity index (χ0) is 27.3. The Labute approximate surface area is 229 Å². The van der Waals surface area contributed by atoms with Gasteiger partial charge < -0.3 is 14.2 Å². The van der Waals surface area contributed by atoms with Crippen LogP contribution in [0, 0.1) is 13.8 Å². The molecule has 2 heterocycles. The van der Waals surface area contributed by atoms with E-state index in [1.54, 1.807) is 6.07 Å². The van der Waals surface area contributed by atoms with Gasteiger partial charge in [-0.15, -0.1) is 10.2 Å². The van der Waals surface area contributed by atoms with Crippen LogP contribution in [0.1, 0.15) is 44.9 Å². The lowest BCUT2D eigenvalue weighted by Gasteiger charge is -2.28. The van der Waals surface area contributed by atoms with Crippen molar-refractivity contribution in [3.8, 4) is 5.75 Å². The zero-order valence-corrected chi connectivity index (χ0v) is 23.4. The van der Waals surface area contributed by atoms with E-state index in [-0.39, 0.29) is 27.0 Å². The van der Waals surface area contributed by atoms with Gasteiger partial charge in [-0.05, 0) is 44.5 Å². The maximum atomic E-state index is 12.7. The van der Waals surface area contributed by atoms with Gasteiger partial charge in [0.05, 0.1) is 0 Å². The molecule has 0 radical (unpaired) electrons. The van der Waals surface area contributed by atoms with E-state index in [4.69, 9.17) is 9.26 Å². The third-order valence-electron chi connectivity index (χ3n) is 5.67. The Kier molecular flexibility index (Phi) is 8.42. The number of carbonyl (C=O) groups is 1. The number of ether oxygens (including phenoxy) is 1. The molecule has 0 aliphatic heterocycles. The predicted octanol–water partition coefficient (Wildman–Crippen LogP) is 4.70. The molecule has 1 N–H and O–H groups in total. The number of sulfonamides is 1. The molecule has 2 aromatic carbocycles. The minimum atomic E-state index is -4.19. The summed E-state index contributed by atoms with van der Waals surface area (Å²) in [7, 11) is -4.19. The molecule has 198 valence electrons. The fraction of sp³-hybridized carbons (Fsp3) is 0.231. The number of nitrogens with zero attached hydrogens (tertiary/aromatic N) is 4. The molecule has 1 atom stereocenters. The van der Waals surface area contributed by atoms with Gasteiger partial charge in [0, 0.05) is 12.1 Å². The molecule has 0 fully saturated rings. The first-order chi connectivity index (χ1) is 18.2. The van der Waals surface area contributed by atoms with Gasteiger partial charge in [-0.2, -0.15) is 0 Å². The molecule has 2 aromatic heterocycles. The monoisotopic (exact) mass is 599 g/mol. The van der Waals surface area contributed by atoms with E-state index < -0.39 is 15.9 Å². The van der Waals surface area contributed by atoms with Crippen molar-refractivity contribution in [3.63, 3.8) is 0 Å². The summed E-state index contributed by atoms with van der Waals surface area (Å²) in [6.45, 7) is 5.87. The van der Waals surface area contributed by atoms with Gasteiger partial charge in [-0.3, -0.25) is 4.79 Å². The highest BCUT2D eigenvalue weighted by Crippen LogP contribution is 2.36. The van der Waals surface area contributed by atoms with E-state index in [1.807, 2.05) is 71.1 Å². The van der Waals surface area contributed by atoms with Gasteiger partial charge in [-0.25, -0.2) is 13.1 Å². The first kappa shape index (κ1) is 27.3. The minimum absolute atomic E-state index is 0.0826. The number of halogens is 1. The molecule has 1 unspecified atom stereocenters. The van der Waals surface area contributed by atoms with Gasteiger partial charge >= 0.3 is 0 Å². The van der Waals surface area contributed by atoms with E-state index in [0.717, 1.165) is 11.1 Å². The Morgan fingerprint density at radius 1 is 1.05 bits per heavy atom. The van der Waals surface area contributed by atoms with Crippen molar-refractivity contribution in [1.82, 2.24) is 20.1 Å². The number of anilines is 1. The molecule has 4 rings (SSSR count). The van der Waals surface area contributed by atoms with Gasteiger partial charge in [0.15, 0.2) is 22.2 Å². The second-order valence-corrected chi connectivity index (χ2v) is 10.8.